The highest BCUT2D eigenvalue weighted by Crippen LogP contribution is 2.35. The van der Waals surface area contributed by atoms with Crippen LogP contribution in [0.3, 0.4) is 0 Å². The van der Waals surface area contributed by atoms with Gasteiger partial charge >= 0.3 is 18.2 Å². The minimum atomic E-state index is -4.79. The van der Waals surface area contributed by atoms with Crippen LogP contribution in [-0.4, -0.2) is 32.4 Å². The van der Waals surface area contributed by atoms with Gasteiger partial charge in [-0.2, -0.15) is 0 Å². The van der Waals surface area contributed by atoms with E-state index in [1.807, 2.05) is 24.3 Å². The summed E-state index contributed by atoms with van der Waals surface area (Å²) in [5.41, 5.74) is 3.53. The molecule has 0 atom stereocenters. The molecule has 0 spiro atoms. The number of nitrogens with zero attached hydrogens (tertiary/aromatic N) is 1. The van der Waals surface area contributed by atoms with Gasteiger partial charge in [-0.1, -0.05) is 63.2 Å². The molecule has 0 N–H and O–H groups in total. The van der Waals surface area contributed by atoms with Crippen molar-refractivity contribution in [2.75, 3.05) is 19.1 Å². The van der Waals surface area contributed by atoms with Gasteiger partial charge in [-0.15, -0.1) is 13.2 Å². The molecule has 0 unspecified atom stereocenters. The van der Waals surface area contributed by atoms with Gasteiger partial charge in [0, 0.05) is 7.05 Å². The lowest BCUT2D eigenvalue weighted by molar-refractivity contribution is -0.274. The fraction of sp³-hybridized carbons (Fsp3) is 0.286. The molecule has 9 heteroatoms. The summed E-state index contributed by atoms with van der Waals surface area (Å²) in [5, 5.41) is 0. The molecule has 3 aromatic rings. The molecule has 0 aliphatic heterocycles. The van der Waals surface area contributed by atoms with E-state index in [4.69, 9.17) is 4.74 Å². The Balaban J connectivity index is 1.90. The molecule has 37 heavy (non-hydrogen) atoms. The molecular formula is C28H28F3NO5. The smallest absolute Gasteiger partial charge is 0.487 e. The maximum absolute atomic E-state index is 12.5. The Bertz CT molecular complexity index is 1250. The van der Waals surface area contributed by atoms with E-state index in [0.29, 0.717) is 16.9 Å². The van der Waals surface area contributed by atoms with Gasteiger partial charge in [-0.3, -0.25) is 4.79 Å². The number of esters is 1. The van der Waals surface area contributed by atoms with E-state index in [1.165, 1.54) is 36.9 Å². The predicted octanol–water partition coefficient (Wildman–Crippen LogP) is 6.26. The van der Waals surface area contributed by atoms with E-state index in [1.54, 1.807) is 18.2 Å². The number of hydrogen-bond acceptors (Lipinski definition) is 5. The third-order valence-electron chi connectivity index (χ3n) is 5.62. The summed E-state index contributed by atoms with van der Waals surface area (Å²) < 4.78 is 51.9. The number of halogens is 3. The zero-order valence-electron chi connectivity index (χ0n) is 21.2. The minimum absolute atomic E-state index is 0.0103. The van der Waals surface area contributed by atoms with Crippen molar-refractivity contribution in [2.24, 2.45) is 0 Å². The Morgan fingerprint density at radius 2 is 1.46 bits per heavy atom. The Morgan fingerprint density at radius 1 is 0.865 bits per heavy atom. The van der Waals surface area contributed by atoms with Crippen LogP contribution < -0.4 is 14.4 Å². The van der Waals surface area contributed by atoms with E-state index < -0.39 is 18.2 Å². The molecule has 3 rings (SSSR count). The van der Waals surface area contributed by atoms with Gasteiger partial charge in [0.2, 0.25) is 0 Å². The summed E-state index contributed by atoms with van der Waals surface area (Å²) in [5.74, 6) is -1.98. The number of rotatable bonds is 6. The van der Waals surface area contributed by atoms with Gasteiger partial charge in [-0.25, -0.2) is 4.79 Å². The van der Waals surface area contributed by atoms with Crippen LogP contribution in [0.5, 0.6) is 11.5 Å². The third kappa shape index (κ3) is 7.25. The maximum Gasteiger partial charge on any atom is 0.573 e. The molecule has 6 nitrogen and oxygen atoms in total. The lowest BCUT2D eigenvalue weighted by atomic mass is 9.87. The Morgan fingerprint density at radius 3 is 2.00 bits per heavy atom. The van der Waals surface area contributed by atoms with Crippen LogP contribution >= 0.6 is 0 Å². The fourth-order valence-electron chi connectivity index (χ4n) is 3.53. The maximum atomic E-state index is 12.5. The lowest BCUT2D eigenvalue weighted by Gasteiger charge is -2.21. The van der Waals surface area contributed by atoms with Gasteiger partial charge in [0.05, 0.1) is 12.8 Å². The molecule has 0 radical (unpaired) electrons. The first-order valence-electron chi connectivity index (χ1n) is 11.4. The summed E-state index contributed by atoms with van der Waals surface area (Å²) in [6.45, 7) is 6.58. The van der Waals surface area contributed by atoms with Crippen molar-refractivity contribution in [2.45, 2.75) is 39.2 Å². The molecule has 0 heterocycles. The minimum Gasteiger partial charge on any atom is -0.487 e. The highest BCUT2D eigenvalue weighted by atomic mass is 19.4. The zero-order valence-corrected chi connectivity index (χ0v) is 21.2. The topological polar surface area (TPSA) is 65.1 Å². The van der Waals surface area contributed by atoms with Crippen LogP contribution in [0.1, 0.15) is 31.9 Å². The molecule has 3 aromatic carbocycles. The molecule has 0 bridgehead atoms. The monoisotopic (exact) mass is 515 g/mol. The lowest BCUT2D eigenvalue weighted by Crippen LogP contribution is -2.34. The average Bonchev–Trinajstić information content (AvgIpc) is 2.85. The van der Waals surface area contributed by atoms with Gasteiger partial charge in [-0.05, 0) is 51.9 Å². The van der Waals surface area contributed by atoms with Crippen molar-refractivity contribution in [3.8, 4) is 22.6 Å². The Kier molecular flexibility index (Phi) is 8.15. The normalized spacial score (nSPS) is 11.6. The van der Waals surface area contributed by atoms with Crippen LogP contribution in [0.4, 0.5) is 18.9 Å². The summed E-state index contributed by atoms with van der Waals surface area (Å²) in [6.07, 6.45) is -4.79. The second kappa shape index (κ2) is 10.9. The number of ether oxygens (including phenoxy) is 3. The molecule has 0 aromatic heterocycles. The Hall–Kier alpha value is -4.01. The molecule has 0 saturated heterocycles. The SMILES string of the molecule is COC(=O)C(=O)N(C)c1cc(-c2ccc(OC(F)(F)F)cc2)ccc1OCc1ccc(C(C)(C)C)cc1. The van der Waals surface area contributed by atoms with Crippen molar-refractivity contribution in [3.63, 3.8) is 0 Å². The van der Waals surface area contributed by atoms with E-state index in [9.17, 15) is 22.8 Å². The largest absolute Gasteiger partial charge is 0.573 e. The van der Waals surface area contributed by atoms with Crippen molar-refractivity contribution in [3.05, 3.63) is 77.9 Å². The van der Waals surface area contributed by atoms with Gasteiger partial charge in [0.15, 0.2) is 0 Å². The quantitative estimate of drug-likeness (QED) is 0.286. The van der Waals surface area contributed by atoms with Crippen molar-refractivity contribution < 1.29 is 37.0 Å². The second-order valence-electron chi connectivity index (χ2n) is 9.35. The molecule has 0 fully saturated rings. The second-order valence-corrected chi connectivity index (χ2v) is 9.35. The van der Waals surface area contributed by atoms with Crippen LogP contribution in [0.15, 0.2) is 66.7 Å². The average molecular weight is 516 g/mol. The number of carbonyl (C=O) groups excluding carboxylic acids is 2. The molecule has 196 valence electrons. The zero-order chi connectivity index (χ0) is 27.4. The number of hydrogen-bond donors (Lipinski definition) is 0. The standard InChI is InChI=1S/C28H28F3NO5/c1-27(2,3)21-11-6-18(7-12-21)17-36-24-15-10-20(16-23(24)32(4)25(33)26(34)35-5)19-8-13-22(14-9-19)37-28(29,30)31/h6-16H,17H2,1-5H3. The van der Waals surface area contributed by atoms with Gasteiger partial charge in [0.25, 0.3) is 0 Å². The number of likely N-dealkylation sites (N-methyl/N-ethyl adjacent to an activating group) is 1. The van der Waals surface area contributed by atoms with E-state index >= 15 is 0 Å². The summed E-state index contributed by atoms with van der Waals surface area (Å²) in [6, 6.07) is 18.2. The molecular weight excluding hydrogens is 487 g/mol. The predicted molar refractivity (Wildman–Crippen MR) is 133 cm³/mol. The number of anilines is 1. The summed E-state index contributed by atoms with van der Waals surface area (Å²) in [4.78, 5) is 25.5. The van der Waals surface area contributed by atoms with Crippen molar-refractivity contribution in [1.29, 1.82) is 0 Å². The van der Waals surface area contributed by atoms with Gasteiger partial charge in [0.1, 0.15) is 18.1 Å². The first-order valence-corrected chi connectivity index (χ1v) is 11.4. The van der Waals surface area contributed by atoms with Crippen molar-refractivity contribution in [1.82, 2.24) is 0 Å². The Labute approximate surface area is 213 Å². The van der Waals surface area contributed by atoms with Gasteiger partial charge < -0.3 is 19.1 Å². The van der Waals surface area contributed by atoms with E-state index in [-0.39, 0.29) is 23.5 Å². The van der Waals surface area contributed by atoms with Crippen molar-refractivity contribution >= 4 is 17.6 Å². The number of alkyl halides is 3. The number of amides is 1. The van der Waals surface area contributed by atoms with Crippen LogP contribution in [0.25, 0.3) is 11.1 Å². The van der Waals surface area contributed by atoms with Crippen LogP contribution in [0.2, 0.25) is 0 Å². The highest BCUT2D eigenvalue weighted by Gasteiger charge is 2.31. The van der Waals surface area contributed by atoms with E-state index in [0.717, 1.165) is 17.6 Å². The highest BCUT2D eigenvalue weighted by molar-refractivity contribution is 6.38. The fourth-order valence-corrected chi connectivity index (χ4v) is 3.53. The van der Waals surface area contributed by atoms with Crippen LogP contribution in [0, 0.1) is 0 Å². The van der Waals surface area contributed by atoms with Crippen LogP contribution in [-0.2, 0) is 26.3 Å². The molecule has 0 aliphatic carbocycles. The number of carbonyl (C=O) groups is 2. The summed E-state index contributed by atoms with van der Waals surface area (Å²) in [7, 11) is 2.51. The molecule has 0 saturated carbocycles. The molecule has 1 amide bonds. The van der Waals surface area contributed by atoms with E-state index in [2.05, 4.69) is 30.2 Å². The first-order chi connectivity index (χ1) is 17.3. The summed E-state index contributed by atoms with van der Waals surface area (Å²) >= 11 is 0. The first kappa shape index (κ1) is 27.6. The number of methoxy groups -OCH3 is 1. The number of benzene rings is 3. The molecule has 0 aliphatic rings. The third-order valence-corrected chi connectivity index (χ3v) is 5.62.